The summed E-state index contributed by atoms with van der Waals surface area (Å²) < 4.78 is 10.8. The van der Waals surface area contributed by atoms with Gasteiger partial charge in [0, 0.05) is 35.4 Å². The Labute approximate surface area is 93.5 Å². The molecule has 2 N–H and O–H groups in total. The molecule has 1 atom stereocenters. The Hall–Kier alpha value is -0.160. The molecule has 1 saturated carbocycles. The lowest BCUT2D eigenvalue weighted by Gasteiger charge is -2.15. The summed E-state index contributed by atoms with van der Waals surface area (Å²) in [5.41, 5.74) is 0. The lowest BCUT2D eigenvalue weighted by molar-refractivity contribution is 0.623. The van der Waals surface area contributed by atoms with Crippen LogP contribution in [0, 0.1) is 0 Å². The number of hydrogen-bond acceptors (Lipinski definition) is 2. The van der Waals surface area contributed by atoms with E-state index >= 15 is 0 Å². The fourth-order valence-electron chi connectivity index (χ4n) is 1.61. The van der Waals surface area contributed by atoms with E-state index in [1.54, 1.807) is 6.26 Å². The van der Waals surface area contributed by atoms with Gasteiger partial charge in [-0.05, 0) is 25.1 Å². The van der Waals surface area contributed by atoms with Crippen molar-refractivity contribution in [2.24, 2.45) is 0 Å². The maximum absolute atomic E-state index is 10.8. The van der Waals surface area contributed by atoms with Gasteiger partial charge in [0.1, 0.15) is 0 Å². The normalized spacial score (nSPS) is 19.2. The first kappa shape index (κ1) is 11.9. The molecule has 0 saturated heterocycles. The maximum atomic E-state index is 10.8. The molecule has 0 spiro atoms. The molecule has 1 aliphatic rings. The summed E-state index contributed by atoms with van der Waals surface area (Å²) in [5, 5.41) is 7.05. The fraction of sp³-hybridized carbons (Fsp3) is 0.889. The standard InChI is InChI=1S/C9H18N2OS2/c1-14(12)7-6-10-9(13)11-8-4-2-3-5-8/h8H,2-7H2,1H3,(H2,10,11,13). The Kier molecular flexibility index (Phi) is 5.40. The van der Waals surface area contributed by atoms with Crippen LogP contribution < -0.4 is 10.6 Å². The molecule has 5 heteroatoms. The summed E-state index contributed by atoms with van der Waals surface area (Å²) in [6, 6.07) is 0.558. The van der Waals surface area contributed by atoms with Gasteiger partial charge in [0.25, 0.3) is 0 Å². The van der Waals surface area contributed by atoms with Gasteiger partial charge < -0.3 is 10.6 Å². The lowest BCUT2D eigenvalue weighted by atomic mass is 10.3. The van der Waals surface area contributed by atoms with Gasteiger partial charge in [0.15, 0.2) is 5.11 Å². The van der Waals surface area contributed by atoms with Gasteiger partial charge in [-0.3, -0.25) is 4.21 Å². The minimum atomic E-state index is -0.736. The first-order valence-corrected chi connectivity index (χ1v) is 7.16. The molecule has 1 fully saturated rings. The van der Waals surface area contributed by atoms with Crippen molar-refractivity contribution in [2.45, 2.75) is 31.7 Å². The molecule has 0 aromatic heterocycles. The molecule has 0 aliphatic heterocycles. The van der Waals surface area contributed by atoms with E-state index in [1.807, 2.05) is 0 Å². The first-order chi connectivity index (χ1) is 6.68. The Balaban J connectivity index is 2.06. The van der Waals surface area contributed by atoms with E-state index in [0.717, 1.165) is 0 Å². The van der Waals surface area contributed by atoms with Crippen molar-refractivity contribution in [2.75, 3.05) is 18.6 Å². The van der Waals surface area contributed by atoms with Gasteiger partial charge in [0.2, 0.25) is 0 Å². The summed E-state index contributed by atoms with van der Waals surface area (Å²) in [5.74, 6) is 0.659. The van der Waals surface area contributed by atoms with Crippen molar-refractivity contribution in [1.29, 1.82) is 0 Å². The minimum Gasteiger partial charge on any atom is -0.362 e. The number of nitrogens with one attached hydrogen (secondary N) is 2. The third kappa shape index (κ3) is 4.91. The van der Waals surface area contributed by atoms with Gasteiger partial charge >= 0.3 is 0 Å². The van der Waals surface area contributed by atoms with Crippen LogP contribution in [-0.2, 0) is 10.8 Å². The SMILES string of the molecule is CS(=O)CCNC(=S)NC1CCCC1. The van der Waals surface area contributed by atoms with E-state index in [0.29, 0.717) is 23.5 Å². The summed E-state index contributed by atoms with van der Waals surface area (Å²) in [4.78, 5) is 0. The molecule has 0 aromatic carbocycles. The molecule has 0 aromatic rings. The highest BCUT2D eigenvalue weighted by Gasteiger charge is 2.14. The monoisotopic (exact) mass is 234 g/mol. The van der Waals surface area contributed by atoms with Crippen LogP contribution in [-0.4, -0.2) is 33.9 Å². The van der Waals surface area contributed by atoms with Crippen molar-refractivity contribution in [1.82, 2.24) is 10.6 Å². The lowest BCUT2D eigenvalue weighted by Crippen LogP contribution is -2.41. The smallest absolute Gasteiger partial charge is 0.166 e. The van der Waals surface area contributed by atoms with E-state index in [1.165, 1.54) is 25.7 Å². The van der Waals surface area contributed by atoms with Gasteiger partial charge in [-0.2, -0.15) is 0 Å². The van der Waals surface area contributed by atoms with Crippen LogP contribution >= 0.6 is 12.2 Å². The van der Waals surface area contributed by atoms with Crippen molar-refractivity contribution in [3.63, 3.8) is 0 Å². The topological polar surface area (TPSA) is 41.1 Å². The minimum absolute atomic E-state index is 0.558. The third-order valence-corrected chi connectivity index (χ3v) is 3.41. The van der Waals surface area contributed by atoms with E-state index < -0.39 is 10.8 Å². The van der Waals surface area contributed by atoms with Gasteiger partial charge in [-0.1, -0.05) is 12.8 Å². The van der Waals surface area contributed by atoms with Crippen molar-refractivity contribution >= 4 is 28.1 Å². The summed E-state index contributed by atoms with van der Waals surface area (Å²) in [6.07, 6.45) is 6.76. The fourth-order valence-corrected chi connectivity index (χ4v) is 2.27. The zero-order valence-electron chi connectivity index (χ0n) is 8.54. The zero-order chi connectivity index (χ0) is 10.4. The van der Waals surface area contributed by atoms with Crippen molar-refractivity contribution in [3.05, 3.63) is 0 Å². The van der Waals surface area contributed by atoms with Gasteiger partial charge in [-0.25, -0.2) is 0 Å². The van der Waals surface area contributed by atoms with Crippen molar-refractivity contribution < 1.29 is 4.21 Å². The predicted octanol–water partition coefficient (Wildman–Crippen LogP) is 0.772. The maximum Gasteiger partial charge on any atom is 0.166 e. The second-order valence-electron chi connectivity index (χ2n) is 3.66. The Morgan fingerprint density at radius 3 is 2.71 bits per heavy atom. The van der Waals surface area contributed by atoms with Crippen LogP contribution in [0.3, 0.4) is 0 Å². The van der Waals surface area contributed by atoms with Crippen LogP contribution in [0.4, 0.5) is 0 Å². The molecule has 3 nitrogen and oxygen atoms in total. The van der Waals surface area contributed by atoms with E-state index in [2.05, 4.69) is 10.6 Å². The highest BCUT2D eigenvalue weighted by atomic mass is 32.2. The second-order valence-corrected chi connectivity index (χ2v) is 5.62. The zero-order valence-corrected chi connectivity index (χ0v) is 10.2. The van der Waals surface area contributed by atoms with Crippen LogP contribution in [0.1, 0.15) is 25.7 Å². The van der Waals surface area contributed by atoms with E-state index in [-0.39, 0.29) is 0 Å². The highest BCUT2D eigenvalue weighted by molar-refractivity contribution is 7.84. The highest BCUT2D eigenvalue weighted by Crippen LogP contribution is 2.17. The number of hydrogen-bond donors (Lipinski definition) is 2. The quantitative estimate of drug-likeness (QED) is 0.705. The second kappa shape index (κ2) is 6.35. The molecule has 1 rings (SSSR count). The molecular weight excluding hydrogens is 216 g/mol. The summed E-state index contributed by atoms with van der Waals surface area (Å²) in [7, 11) is -0.736. The Morgan fingerprint density at radius 1 is 1.50 bits per heavy atom. The molecular formula is C9H18N2OS2. The first-order valence-electron chi connectivity index (χ1n) is 5.03. The van der Waals surface area contributed by atoms with Crippen LogP contribution in [0.15, 0.2) is 0 Å². The van der Waals surface area contributed by atoms with Crippen LogP contribution in [0.5, 0.6) is 0 Å². The average Bonchev–Trinajstić information content (AvgIpc) is 2.56. The Bertz CT molecular complexity index is 215. The third-order valence-electron chi connectivity index (χ3n) is 2.37. The summed E-state index contributed by atoms with van der Waals surface area (Å²) in [6.45, 7) is 0.696. The number of thiocarbonyl (C=S) groups is 1. The van der Waals surface area contributed by atoms with Gasteiger partial charge in [0.05, 0.1) is 0 Å². The molecule has 14 heavy (non-hydrogen) atoms. The number of rotatable bonds is 4. The van der Waals surface area contributed by atoms with Crippen molar-refractivity contribution in [3.8, 4) is 0 Å². The average molecular weight is 234 g/mol. The van der Waals surface area contributed by atoms with E-state index in [9.17, 15) is 4.21 Å². The largest absolute Gasteiger partial charge is 0.362 e. The van der Waals surface area contributed by atoms with Gasteiger partial charge in [-0.15, -0.1) is 0 Å². The van der Waals surface area contributed by atoms with Crippen LogP contribution in [0.2, 0.25) is 0 Å². The molecule has 82 valence electrons. The Morgan fingerprint density at radius 2 is 2.14 bits per heavy atom. The molecule has 0 radical (unpaired) electrons. The summed E-state index contributed by atoms with van der Waals surface area (Å²) >= 11 is 5.12. The van der Waals surface area contributed by atoms with Crippen LogP contribution in [0.25, 0.3) is 0 Å². The molecule has 1 aliphatic carbocycles. The molecule has 0 bridgehead atoms. The molecule has 0 amide bonds. The van der Waals surface area contributed by atoms with E-state index in [4.69, 9.17) is 12.2 Å². The molecule has 1 unspecified atom stereocenters. The predicted molar refractivity (Wildman–Crippen MR) is 64.9 cm³/mol. The molecule has 0 heterocycles.